The zero-order chi connectivity index (χ0) is 22.4. The SMILES string of the molecule is CCCC1=C(C(=O)OCC)C(c2ccc(OCc3c(F)cccc3Cl)cc2)NC(=O)N1. The van der Waals surface area contributed by atoms with Crippen molar-refractivity contribution >= 4 is 23.6 Å². The zero-order valence-electron chi connectivity index (χ0n) is 17.3. The van der Waals surface area contributed by atoms with E-state index in [2.05, 4.69) is 10.6 Å². The van der Waals surface area contributed by atoms with Gasteiger partial charge in [0, 0.05) is 11.3 Å². The molecule has 3 rings (SSSR count). The molecule has 2 aromatic rings. The number of rotatable bonds is 8. The number of carbonyl (C=O) groups excluding carboxylic acids is 2. The van der Waals surface area contributed by atoms with Gasteiger partial charge >= 0.3 is 12.0 Å². The number of esters is 1. The number of ether oxygens (including phenoxy) is 2. The Morgan fingerprint density at radius 3 is 2.55 bits per heavy atom. The third-order valence-corrected chi connectivity index (χ3v) is 5.16. The Morgan fingerprint density at radius 2 is 1.90 bits per heavy atom. The van der Waals surface area contributed by atoms with E-state index in [-0.39, 0.29) is 24.8 Å². The molecule has 0 saturated carbocycles. The first-order valence-corrected chi connectivity index (χ1v) is 10.5. The predicted molar refractivity (Wildman–Crippen MR) is 115 cm³/mol. The van der Waals surface area contributed by atoms with Crippen molar-refractivity contribution in [2.45, 2.75) is 39.3 Å². The van der Waals surface area contributed by atoms with Crippen LogP contribution in [0.4, 0.5) is 9.18 Å². The van der Waals surface area contributed by atoms with Gasteiger partial charge in [-0.2, -0.15) is 0 Å². The van der Waals surface area contributed by atoms with E-state index in [0.717, 1.165) is 6.42 Å². The third kappa shape index (κ3) is 5.35. The second-order valence-electron chi connectivity index (χ2n) is 6.95. The van der Waals surface area contributed by atoms with Gasteiger partial charge in [0.1, 0.15) is 18.2 Å². The Balaban J connectivity index is 1.83. The number of carbonyl (C=O) groups is 2. The van der Waals surface area contributed by atoms with Gasteiger partial charge in [-0.15, -0.1) is 0 Å². The molecule has 0 bridgehead atoms. The minimum Gasteiger partial charge on any atom is -0.489 e. The van der Waals surface area contributed by atoms with Gasteiger partial charge < -0.3 is 20.1 Å². The predicted octanol–water partition coefficient (Wildman–Crippen LogP) is 5.03. The van der Waals surface area contributed by atoms with Crippen LogP contribution in [0.25, 0.3) is 0 Å². The lowest BCUT2D eigenvalue weighted by molar-refractivity contribution is -0.139. The molecule has 1 aliphatic heterocycles. The number of halogens is 2. The van der Waals surface area contributed by atoms with Crippen LogP contribution in [-0.4, -0.2) is 18.6 Å². The molecule has 164 valence electrons. The van der Waals surface area contributed by atoms with E-state index in [1.54, 1.807) is 37.3 Å². The van der Waals surface area contributed by atoms with Crippen LogP contribution in [-0.2, 0) is 16.1 Å². The molecule has 1 aliphatic rings. The van der Waals surface area contributed by atoms with Gasteiger partial charge in [-0.1, -0.05) is 43.1 Å². The van der Waals surface area contributed by atoms with Crippen LogP contribution >= 0.6 is 11.6 Å². The quantitative estimate of drug-likeness (QED) is 0.557. The van der Waals surface area contributed by atoms with Gasteiger partial charge in [0.05, 0.1) is 23.2 Å². The van der Waals surface area contributed by atoms with Crippen molar-refractivity contribution in [3.8, 4) is 5.75 Å². The molecular formula is C23H24ClFN2O4. The Labute approximate surface area is 185 Å². The van der Waals surface area contributed by atoms with Gasteiger partial charge in [-0.25, -0.2) is 14.0 Å². The van der Waals surface area contributed by atoms with Crippen LogP contribution < -0.4 is 15.4 Å². The molecule has 0 fully saturated rings. The summed E-state index contributed by atoms with van der Waals surface area (Å²) >= 11 is 6.03. The van der Waals surface area contributed by atoms with E-state index in [1.165, 1.54) is 12.1 Å². The summed E-state index contributed by atoms with van der Waals surface area (Å²) < 4.78 is 24.8. The lowest BCUT2D eigenvalue weighted by Crippen LogP contribution is -2.46. The maximum atomic E-state index is 13.9. The van der Waals surface area contributed by atoms with Crippen LogP contribution in [0.2, 0.25) is 5.02 Å². The van der Waals surface area contributed by atoms with Crippen molar-refractivity contribution < 1.29 is 23.5 Å². The largest absolute Gasteiger partial charge is 0.489 e. The summed E-state index contributed by atoms with van der Waals surface area (Å²) in [5.74, 6) is -0.411. The van der Waals surface area contributed by atoms with Crippen molar-refractivity contribution in [1.82, 2.24) is 10.6 Å². The van der Waals surface area contributed by atoms with E-state index in [1.807, 2.05) is 6.92 Å². The summed E-state index contributed by atoms with van der Waals surface area (Å²) in [4.78, 5) is 24.8. The lowest BCUT2D eigenvalue weighted by atomic mass is 9.94. The molecule has 0 aliphatic carbocycles. The molecule has 0 radical (unpaired) electrons. The van der Waals surface area contributed by atoms with Gasteiger partial charge in [0.25, 0.3) is 0 Å². The van der Waals surface area contributed by atoms with Crippen molar-refractivity contribution in [3.05, 3.63) is 75.7 Å². The summed E-state index contributed by atoms with van der Waals surface area (Å²) in [7, 11) is 0. The zero-order valence-corrected chi connectivity index (χ0v) is 18.1. The highest BCUT2D eigenvalue weighted by atomic mass is 35.5. The number of hydrogen-bond donors (Lipinski definition) is 2. The summed E-state index contributed by atoms with van der Waals surface area (Å²) in [6.45, 7) is 3.90. The van der Waals surface area contributed by atoms with Gasteiger partial charge in [-0.3, -0.25) is 0 Å². The number of nitrogens with one attached hydrogen (secondary N) is 2. The van der Waals surface area contributed by atoms with Crippen molar-refractivity contribution in [2.75, 3.05) is 6.61 Å². The Morgan fingerprint density at radius 1 is 1.16 bits per heavy atom. The molecule has 2 N–H and O–H groups in total. The number of hydrogen-bond acceptors (Lipinski definition) is 4. The molecule has 1 unspecified atom stereocenters. The van der Waals surface area contributed by atoms with Crippen LogP contribution in [0.15, 0.2) is 53.7 Å². The van der Waals surface area contributed by atoms with Crippen molar-refractivity contribution in [3.63, 3.8) is 0 Å². The molecule has 1 atom stereocenters. The van der Waals surface area contributed by atoms with E-state index >= 15 is 0 Å². The first-order chi connectivity index (χ1) is 14.9. The average Bonchev–Trinajstić information content (AvgIpc) is 2.74. The lowest BCUT2D eigenvalue weighted by Gasteiger charge is -2.29. The van der Waals surface area contributed by atoms with E-state index in [9.17, 15) is 14.0 Å². The molecule has 8 heteroatoms. The first kappa shape index (κ1) is 22.6. The molecule has 2 amide bonds. The van der Waals surface area contributed by atoms with Gasteiger partial charge in [0.2, 0.25) is 0 Å². The van der Waals surface area contributed by atoms with Crippen molar-refractivity contribution in [1.29, 1.82) is 0 Å². The molecule has 0 spiro atoms. The highest BCUT2D eigenvalue weighted by molar-refractivity contribution is 6.31. The maximum absolute atomic E-state index is 13.9. The second-order valence-corrected chi connectivity index (χ2v) is 7.36. The maximum Gasteiger partial charge on any atom is 0.338 e. The smallest absolute Gasteiger partial charge is 0.338 e. The molecule has 0 saturated heterocycles. The normalized spacial score (nSPS) is 15.9. The van der Waals surface area contributed by atoms with Crippen LogP contribution in [0, 0.1) is 5.82 Å². The fourth-order valence-corrected chi connectivity index (χ4v) is 3.56. The highest BCUT2D eigenvalue weighted by Crippen LogP contribution is 2.31. The fraction of sp³-hybridized carbons (Fsp3) is 0.304. The number of benzene rings is 2. The molecule has 6 nitrogen and oxygen atoms in total. The van der Waals surface area contributed by atoms with E-state index in [4.69, 9.17) is 21.1 Å². The Hall–Kier alpha value is -3.06. The number of amides is 2. The summed E-state index contributed by atoms with van der Waals surface area (Å²) in [6.07, 6.45) is 1.30. The topological polar surface area (TPSA) is 76.7 Å². The van der Waals surface area contributed by atoms with E-state index < -0.39 is 17.8 Å². The molecular weight excluding hydrogens is 423 g/mol. The van der Waals surface area contributed by atoms with Gasteiger partial charge in [-0.05, 0) is 43.2 Å². The van der Waals surface area contributed by atoms with Gasteiger partial charge in [0.15, 0.2) is 0 Å². The summed E-state index contributed by atoms with van der Waals surface area (Å²) in [5.41, 5.74) is 1.91. The first-order valence-electron chi connectivity index (χ1n) is 10.1. The van der Waals surface area contributed by atoms with Crippen LogP contribution in [0.1, 0.15) is 43.9 Å². The average molecular weight is 447 g/mol. The molecule has 31 heavy (non-hydrogen) atoms. The van der Waals surface area contributed by atoms with E-state index in [0.29, 0.717) is 34.0 Å². The summed E-state index contributed by atoms with van der Waals surface area (Å²) in [6, 6.07) is 10.3. The molecule has 2 aromatic carbocycles. The Bertz CT molecular complexity index is 971. The Kier molecular flexibility index (Phi) is 7.52. The molecule has 1 heterocycles. The number of allylic oxidation sites excluding steroid dienone is 1. The fourth-order valence-electron chi connectivity index (χ4n) is 3.35. The second kappa shape index (κ2) is 10.3. The highest BCUT2D eigenvalue weighted by Gasteiger charge is 2.33. The van der Waals surface area contributed by atoms with Crippen molar-refractivity contribution in [2.24, 2.45) is 0 Å². The minimum atomic E-state index is -0.649. The summed E-state index contributed by atoms with van der Waals surface area (Å²) in [5, 5.41) is 5.80. The van der Waals surface area contributed by atoms with Crippen LogP contribution in [0.5, 0.6) is 5.75 Å². The number of urea groups is 1. The standard InChI is InChI=1S/C23H24ClFN2O4/c1-3-6-19-20(22(28)30-4-2)21(27-23(29)26-19)14-9-11-15(12-10-14)31-13-16-17(24)7-5-8-18(16)25/h5,7-12,21H,3-4,6,13H2,1-2H3,(H2,26,27,29). The molecule has 0 aromatic heterocycles. The van der Waals surface area contributed by atoms with Crippen LogP contribution in [0.3, 0.4) is 0 Å². The minimum absolute atomic E-state index is 0.0242. The third-order valence-electron chi connectivity index (χ3n) is 4.81. The monoisotopic (exact) mass is 446 g/mol.